The van der Waals surface area contributed by atoms with Crippen molar-refractivity contribution in [3.8, 4) is 16.9 Å². The highest BCUT2D eigenvalue weighted by Crippen LogP contribution is 2.37. The van der Waals surface area contributed by atoms with E-state index in [1.807, 2.05) is 40.6 Å². The molecule has 41 heavy (non-hydrogen) atoms. The highest BCUT2D eigenvalue weighted by atomic mass is 35.5. The van der Waals surface area contributed by atoms with E-state index in [1.165, 1.54) is 19.3 Å². The number of amides is 2. The standard InChI is InChI=1S/C33H41N3O3S.ClH/c1-39-28-10-5-7-26(21-28)25-14-12-24(13-15-25)23-33(32(38)35-27-8-3-2-4-9-27)16-18-36(19-17-33)31(37)30(34)22-29-11-6-20-40-29;/h5-7,10-15,20-21,27,30H,2-4,8-9,16-19,22-23,34H2,1H3,(H,35,38);1H/t30-;/m0./s1. The molecule has 0 radical (unpaired) electrons. The summed E-state index contributed by atoms with van der Waals surface area (Å²) in [5.74, 6) is 0.958. The third-order valence-electron chi connectivity index (χ3n) is 8.67. The van der Waals surface area contributed by atoms with Crippen LogP contribution in [0.2, 0.25) is 0 Å². The van der Waals surface area contributed by atoms with Crippen molar-refractivity contribution >= 4 is 35.6 Å². The van der Waals surface area contributed by atoms with E-state index in [9.17, 15) is 9.59 Å². The van der Waals surface area contributed by atoms with Crippen LogP contribution in [0.4, 0.5) is 0 Å². The molecule has 5 rings (SSSR count). The molecular formula is C33H42ClN3O3S. The molecule has 1 saturated heterocycles. The first-order valence-corrected chi connectivity index (χ1v) is 15.4. The molecule has 6 nitrogen and oxygen atoms in total. The molecule has 1 aliphatic carbocycles. The zero-order valence-electron chi connectivity index (χ0n) is 23.8. The van der Waals surface area contributed by atoms with Gasteiger partial charge in [0.1, 0.15) is 5.75 Å². The lowest BCUT2D eigenvalue weighted by Gasteiger charge is -2.42. The van der Waals surface area contributed by atoms with Crippen LogP contribution in [0.5, 0.6) is 5.75 Å². The fourth-order valence-electron chi connectivity index (χ4n) is 6.20. The van der Waals surface area contributed by atoms with Crippen molar-refractivity contribution in [1.29, 1.82) is 0 Å². The van der Waals surface area contributed by atoms with Crippen molar-refractivity contribution in [2.45, 2.75) is 69.9 Å². The lowest BCUT2D eigenvalue weighted by Crippen LogP contribution is -2.55. The number of rotatable bonds is 9. The van der Waals surface area contributed by atoms with Gasteiger partial charge in [0, 0.05) is 30.4 Å². The van der Waals surface area contributed by atoms with Crippen LogP contribution in [0.25, 0.3) is 11.1 Å². The van der Waals surface area contributed by atoms with Crippen LogP contribution >= 0.6 is 23.7 Å². The van der Waals surface area contributed by atoms with Crippen molar-refractivity contribution in [2.75, 3.05) is 20.2 Å². The van der Waals surface area contributed by atoms with Gasteiger partial charge in [-0.25, -0.2) is 0 Å². The van der Waals surface area contributed by atoms with Gasteiger partial charge < -0.3 is 20.7 Å². The van der Waals surface area contributed by atoms with Crippen LogP contribution in [-0.4, -0.2) is 49.0 Å². The van der Waals surface area contributed by atoms with Gasteiger partial charge in [0.2, 0.25) is 11.8 Å². The maximum atomic E-state index is 13.9. The van der Waals surface area contributed by atoms with E-state index in [2.05, 4.69) is 35.6 Å². The molecule has 1 aromatic heterocycles. The molecule has 1 atom stereocenters. The van der Waals surface area contributed by atoms with E-state index >= 15 is 0 Å². The number of hydrogen-bond acceptors (Lipinski definition) is 5. The third-order valence-corrected chi connectivity index (χ3v) is 9.57. The molecule has 0 unspecified atom stereocenters. The summed E-state index contributed by atoms with van der Waals surface area (Å²) >= 11 is 1.63. The predicted octanol–water partition coefficient (Wildman–Crippen LogP) is 6.02. The number of ether oxygens (including phenoxy) is 1. The minimum Gasteiger partial charge on any atom is -0.497 e. The summed E-state index contributed by atoms with van der Waals surface area (Å²) < 4.78 is 5.39. The van der Waals surface area contributed by atoms with Crippen molar-refractivity contribution < 1.29 is 14.3 Å². The highest BCUT2D eigenvalue weighted by molar-refractivity contribution is 7.09. The van der Waals surface area contributed by atoms with Crippen LogP contribution in [0, 0.1) is 5.41 Å². The Morgan fingerprint density at radius 3 is 2.41 bits per heavy atom. The lowest BCUT2D eigenvalue weighted by molar-refractivity contribution is -0.141. The second-order valence-corrected chi connectivity index (χ2v) is 12.4. The largest absolute Gasteiger partial charge is 0.497 e. The minimum absolute atomic E-state index is 0. The number of nitrogens with one attached hydrogen (secondary N) is 1. The summed E-state index contributed by atoms with van der Waals surface area (Å²) in [6, 6.07) is 20.3. The van der Waals surface area contributed by atoms with E-state index in [0.29, 0.717) is 38.8 Å². The molecule has 1 saturated carbocycles. The topological polar surface area (TPSA) is 84.7 Å². The van der Waals surface area contributed by atoms with E-state index < -0.39 is 11.5 Å². The third kappa shape index (κ3) is 7.70. The van der Waals surface area contributed by atoms with Gasteiger partial charge >= 0.3 is 0 Å². The SMILES string of the molecule is COc1cccc(-c2ccc(CC3(C(=O)NC4CCCCC4)CCN(C(=O)[C@@H](N)Cc4cccs4)CC3)cc2)c1.Cl. The maximum Gasteiger partial charge on any atom is 0.239 e. The number of likely N-dealkylation sites (tertiary alicyclic amines) is 1. The molecule has 2 heterocycles. The van der Waals surface area contributed by atoms with Crippen molar-refractivity contribution in [3.05, 3.63) is 76.5 Å². The Labute approximate surface area is 254 Å². The smallest absolute Gasteiger partial charge is 0.239 e. The summed E-state index contributed by atoms with van der Waals surface area (Å²) in [6.45, 7) is 1.11. The van der Waals surface area contributed by atoms with Crippen LogP contribution < -0.4 is 15.8 Å². The lowest BCUT2D eigenvalue weighted by atomic mass is 9.72. The number of benzene rings is 2. The molecule has 2 aliphatic rings. The zero-order valence-corrected chi connectivity index (χ0v) is 25.5. The molecule has 3 aromatic rings. The first-order valence-electron chi connectivity index (χ1n) is 14.6. The van der Waals surface area contributed by atoms with E-state index in [0.717, 1.165) is 40.2 Å². The summed E-state index contributed by atoms with van der Waals surface area (Å²) in [7, 11) is 1.68. The van der Waals surface area contributed by atoms with Crippen LogP contribution in [0.3, 0.4) is 0 Å². The van der Waals surface area contributed by atoms with Crippen LogP contribution in [0.1, 0.15) is 55.4 Å². The molecule has 2 amide bonds. The number of carbonyl (C=O) groups excluding carboxylic acids is 2. The van der Waals surface area contributed by atoms with Gasteiger partial charge in [-0.05, 0) is 72.4 Å². The number of piperidine rings is 1. The normalized spacial score (nSPS) is 17.8. The zero-order chi connectivity index (χ0) is 28.0. The summed E-state index contributed by atoms with van der Waals surface area (Å²) in [5, 5.41) is 5.43. The fourth-order valence-corrected chi connectivity index (χ4v) is 6.97. The number of nitrogens with two attached hydrogens (primary N) is 1. The molecule has 220 valence electrons. The second-order valence-electron chi connectivity index (χ2n) is 11.4. The number of carbonyl (C=O) groups is 2. The number of thiophene rings is 1. The fraction of sp³-hybridized carbons (Fsp3) is 0.455. The number of nitrogens with zero attached hydrogens (tertiary/aromatic N) is 1. The monoisotopic (exact) mass is 595 g/mol. The van der Waals surface area contributed by atoms with Gasteiger partial charge in [0.25, 0.3) is 0 Å². The van der Waals surface area contributed by atoms with Gasteiger partial charge in [-0.3, -0.25) is 9.59 Å². The molecular weight excluding hydrogens is 554 g/mol. The van der Waals surface area contributed by atoms with Crippen molar-refractivity contribution in [3.63, 3.8) is 0 Å². The van der Waals surface area contributed by atoms with Crippen LogP contribution in [0.15, 0.2) is 66.0 Å². The first-order chi connectivity index (χ1) is 19.5. The molecule has 0 spiro atoms. The number of halogens is 1. The van der Waals surface area contributed by atoms with Crippen LogP contribution in [-0.2, 0) is 22.4 Å². The van der Waals surface area contributed by atoms with Crippen molar-refractivity contribution in [1.82, 2.24) is 10.2 Å². The molecule has 2 fully saturated rings. The Morgan fingerprint density at radius 1 is 1.02 bits per heavy atom. The van der Waals surface area contributed by atoms with Gasteiger partial charge in [-0.2, -0.15) is 0 Å². The Balaban J connectivity index is 0.00000387. The van der Waals surface area contributed by atoms with Gasteiger partial charge in [-0.15, -0.1) is 23.7 Å². The van der Waals surface area contributed by atoms with Gasteiger partial charge in [-0.1, -0.05) is 61.7 Å². The Kier molecular flexibility index (Phi) is 10.9. The van der Waals surface area contributed by atoms with Gasteiger partial charge in [0.15, 0.2) is 0 Å². The Morgan fingerprint density at radius 2 is 1.76 bits per heavy atom. The average molecular weight is 596 g/mol. The molecule has 0 bridgehead atoms. The van der Waals surface area contributed by atoms with E-state index in [1.54, 1.807) is 18.4 Å². The summed E-state index contributed by atoms with van der Waals surface area (Å²) in [5.41, 5.74) is 9.14. The molecule has 3 N–H and O–H groups in total. The highest BCUT2D eigenvalue weighted by Gasteiger charge is 2.43. The van der Waals surface area contributed by atoms with E-state index in [4.69, 9.17) is 10.5 Å². The average Bonchev–Trinajstić information content (AvgIpc) is 3.51. The number of methoxy groups -OCH3 is 1. The maximum absolute atomic E-state index is 13.9. The molecule has 8 heteroatoms. The molecule has 2 aromatic carbocycles. The first kappa shape index (κ1) is 31.1. The summed E-state index contributed by atoms with van der Waals surface area (Å²) in [4.78, 5) is 30.1. The van der Waals surface area contributed by atoms with Gasteiger partial charge in [0.05, 0.1) is 18.6 Å². The Hall–Kier alpha value is -2.87. The summed E-state index contributed by atoms with van der Waals surface area (Å²) in [6.07, 6.45) is 8.20. The Bertz CT molecular complexity index is 1270. The van der Waals surface area contributed by atoms with Crippen molar-refractivity contribution in [2.24, 2.45) is 11.1 Å². The number of hydrogen-bond donors (Lipinski definition) is 2. The minimum atomic E-state index is -0.550. The molecule has 1 aliphatic heterocycles. The second kappa shape index (κ2) is 14.3. The predicted molar refractivity (Wildman–Crippen MR) is 169 cm³/mol. The quantitative estimate of drug-likeness (QED) is 0.317. The van der Waals surface area contributed by atoms with E-state index in [-0.39, 0.29) is 30.3 Å².